The molecule has 2 aromatic heterocycles. The van der Waals surface area contributed by atoms with Crippen LogP contribution >= 0.6 is 15.9 Å². The van der Waals surface area contributed by atoms with Crippen molar-refractivity contribution in [2.75, 3.05) is 0 Å². The highest BCUT2D eigenvalue weighted by molar-refractivity contribution is 9.10. The number of aromatic nitrogens is 3. The molecule has 1 saturated carbocycles. The van der Waals surface area contributed by atoms with Gasteiger partial charge >= 0.3 is 0 Å². The highest BCUT2D eigenvalue weighted by atomic mass is 79.9. The molecule has 0 radical (unpaired) electrons. The molecule has 3 aromatic carbocycles. The Balaban J connectivity index is 1.58. The minimum Gasteiger partial charge on any atom is -0.321 e. The van der Waals surface area contributed by atoms with Crippen LogP contribution in [0.15, 0.2) is 83.5 Å². The fraction of sp³-hybridized carbons (Fsp3) is 0.154. The van der Waals surface area contributed by atoms with E-state index in [0.29, 0.717) is 0 Å². The van der Waals surface area contributed by atoms with Gasteiger partial charge in [-0.3, -0.25) is 0 Å². The molecule has 31 heavy (non-hydrogen) atoms. The molecule has 2 heterocycles. The summed E-state index contributed by atoms with van der Waals surface area (Å²) in [6, 6.07) is 25.1. The van der Waals surface area contributed by atoms with Crippen LogP contribution < -0.4 is 5.73 Å². The average Bonchev–Trinajstić information content (AvgIpc) is 3.14. The van der Waals surface area contributed by atoms with Gasteiger partial charge in [-0.15, -0.1) is 0 Å². The van der Waals surface area contributed by atoms with Crippen LogP contribution in [0.4, 0.5) is 0 Å². The minimum absolute atomic E-state index is 0.161. The van der Waals surface area contributed by atoms with E-state index in [4.69, 9.17) is 15.8 Å². The van der Waals surface area contributed by atoms with Crippen molar-refractivity contribution in [3.8, 4) is 22.4 Å². The van der Waals surface area contributed by atoms with Crippen LogP contribution in [0.3, 0.4) is 0 Å². The number of nitrogens with zero attached hydrogens (tertiary/aromatic N) is 3. The van der Waals surface area contributed by atoms with Gasteiger partial charge in [-0.1, -0.05) is 70.5 Å². The first kappa shape index (κ1) is 18.7. The predicted molar refractivity (Wildman–Crippen MR) is 129 cm³/mol. The predicted octanol–water partition coefficient (Wildman–Crippen LogP) is 6.32. The smallest absolute Gasteiger partial charge is 0.163 e. The van der Waals surface area contributed by atoms with Gasteiger partial charge in [-0.05, 0) is 48.6 Å². The van der Waals surface area contributed by atoms with Gasteiger partial charge < -0.3 is 5.73 Å². The Bertz CT molecular complexity index is 1420. The molecule has 0 bridgehead atoms. The highest BCUT2D eigenvalue weighted by Crippen LogP contribution is 2.40. The zero-order valence-electron chi connectivity index (χ0n) is 16.9. The summed E-state index contributed by atoms with van der Waals surface area (Å²) in [5.74, 6) is 0. The first-order valence-electron chi connectivity index (χ1n) is 10.5. The van der Waals surface area contributed by atoms with Crippen molar-refractivity contribution < 1.29 is 0 Å². The van der Waals surface area contributed by atoms with Gasteiger partial charge in [0.25, 0.3) is 0 Å². The average molecular weight is 469 g/mol. The maximum Gasteiger partial charge on any atom is 0.163 e. The Morgan fingerprint density at radius 2 is 1.68 bits per heavy atom. The molecule has 0 amide bonds. The van der Waals surface area contributed by atoms with E-state index in [1.807, 2.05) is 22.7 Å². The van der Waals surface area contributed by atoms with E-state index in [9.17, 15) is 0 Å². The molecule has 4 nitrogen and oxygen atoms in total. The summed E-state index contributed by atoms with van der Waals surface area (Å²) in [5.41, 5.74) is 13.6. The van der Waals surface area contributed by atoms with Gasteiger partial charge in [0.05, 0.1) is 11.2 Å². The van der Waals surface area contributed by atoms with E-state index in [2.05, 4.69) is 76.7 Å². The number of hydrogen-bond acceptors (Lipinski definition) is 3. The summed E-state index contributed by atoms with van der Waals surface area (Å²) < 4.78 is 2.91. The Morgan fingerprint density at radius 1 is 0.903 bits per heavy atom. The minimum atomic E-state index is -0.161. The van der Waals surface area contributed by atoms with Crippen LogP contribution in [0.5, 0.6) is 0 Å². The Morgan fingerprint density at radius 3 is 2.39 bits per heavy atom. The van der Waals surface area contributed by atoms with E-state index in [1.165, 1.54) is 12.0 Å². The van der Waals surface area contributed by atoms with Crippen LogP contribution in [0, 0.1) is 0 Å². The third-order valence-electron chi connectivity index (χ3n) is 6.42. The van der Waals surface area contributed by atoms with Crippen LogP contribution in [0.2, 0.25) is 0 Å². The van der Waals surface area contributed by atoms with Gasteiger partial charge in [-0.25, -0.2) is 9.50 Å². The molecule has 0 unspecified atom stereocenters. The lowest BCUT2D eigenvalue weighted by Gasteiger charge is -2.38. The van der Waals surface area contributed by atoms with Crippen LogP contribution in [-0.4, -0.2) is 14.6 Å². The summed E-state index contributed by atoms with van der Waals surface area (Å²) >= 11 is 3.58. The van der Waals surface area contributed by atoms with E-state index in [1.54, 1.807) is 0 Å². The first-order chi connectivity index (χ1) is 15.1. The van der Waals surface area contributed by atoms with Crippen molar-refractivity contribution in [1.82, 2.24) is 14.6 Å². The van der Waals surface area contributed by atoms with Gasteiger partial charge in [0.1, 0.15) is 0 Å². The van der Waals surface area contributed by atoms with Crippen molar-refractivity contribution in [3.05, 3.63) is 89.0 Å². The van der Waals surface area contributed by atoms with Crippen LogP contribution in [0.1, 0.15) is 24.8 Å². The lowest BCUT2D eigenvalue weighted by Crippen LogP contribution is -2.43. The molecule has 1 aliphatic carbocycles. The van der Waals surface area contributed by atoms with E-state index in [-0.39, 0.29) is 5.54 Å². The third kappa shape index (κ3) is 3.08. The highest BCUT2D eigenvalue weighted by Gasteiger charge is 2.34. The Hall–Kier alpha value is -3.02. The number of nitrogens with two attached hydrogens (primary N) is 1. The number of hydrogen-bond donors (Lipinski definition) is 1. The second kappa shape index (κ2) is 7.01. The standard InChI is InChI=1S/C26H21BrN4/c27-20-11-12-23-21(15-20)25-29-24(18-7-9-19(10-8-18)26(28)13-4-14-26)22(16-31(25)30-23)17-5-2-1-3-6-17/h1-3,5-12,15-16H,4,13-14,28H2. The SMILES string of the molecule is NC1(c2ccc(-c3nc4c5cc(Br)ccc5nn4cc3-c3ccccc3)cc2)CCC1. The number of halogens is 1. The summed E-state index contributed by atoms with van der Waals surface area (Å²) in [6.45, 7) is 0. The van der Waals surface area contributed by atoms with Crippen molar-refractivity contribution in [2.24, 2.45) is 5.73 Å². The maximum atomic E-state index is 6.54. The Kier molecular flexibility index (Phi) is 4.23. The van der Waals surface area contributed by atoms with Crippen molar-refractivity contribution in [1.29, 1.82) is 0 Å². The lowest BCUT2D eigenvalue weighted by atomic mass is 9.72. The zero-order chi connectivity index (χ0) is 21.0. The second-order valence-electron chi connectivity index (χ2n) is 8.39. The summed E-state index contributed by atoms with van der Waals surface area (Å²) in [5, 5.41) is 5.79. The van der Waals surface area contributed by atoms with Gasteiger partial charge in [-0.2, -0.15) is 5.10 Å². The van der Waals surface area contributed by atoms with Gasteiger partial charge in [0, 0.05) is 32.7 Å². The molecular weight excluding hydrogens is 448 g/mol. The number of rotatable bonds is 3. The van der Waals surface area contributed by atoms with Gasteiger partial charge in [0.15, 0.2) is 5.65 Å². The molecule has 1 aliphatic rings. The van der Waals surface area contributed by atoms with Crippen LogP contribution in [0.25, 0.3) is 38.9 Å². The fourth-order valence-electron chi connectivity index (χ4n) is 4.47. The quantitative estimate of drug-likeness (QED) is 0.337. The number of benzene rings is 3. The molecule has 0 saturated heterocycles. The fourth-order valence-corrected chi connectivity index (χ4v) is 4.83. The normalized spacial score (nSPS) is 15.3. The maximum absolute atomic E-state index is 6.54. The summed E-state index contributed by atoms with van der Waals surface area (Å²) in [6.07, 6.45) is 5.41. The zero-order valence-corrected chi connectivity index (χ0v) is 18.5. The Labute approximate surface area is 188 Å². The summed E-state index contributed by atoms with van der Waals surface area (Å²) in [4.78, 5) is 5.13. The van der Waals surface area contributed by atoms with Crippen molar-refractivity contribution in [2.45, 2.75) is 24.8 Å². The van der Waals surface area contributed by atoms with Crippen molar-refractivity contribution >= 4 is 32.5 Å². The number of fused-ring (bicyclic) bond motifs is 3. The molecule has 6 rings (SSSR count). The summed E-state index contributed by atoms with van der Waals surface area (Å²) in [7, 11) is 0. The van der Waals surface area contributed by atoms with Crippen LogP contribution in [-0.2, 0) is 5.54 Å². The van der Waals surface area contributed by atoms with Gasteiger partial charge in [0.2, 0.25) is 0 Å². The molecule has 5 heteroatoms. The second-order valence-corrected chi connectivity index (χ2v) is 9.30. The third-order valence-corrected chi connectivity index (χ3v) is 6.91. The topological polar surface area (TPSA) is 56.2 Å². The largest absolute Gasteiger partial charge is 0.321 e. The molecule has 1 fully saturated rings. The molecule has 0 aliphatic heterocycles. The molecule has 2 N–H and O–H groups in total. The molecule has 0 atom stereocenters. The van der Waals surface area contributed by atoms with E-state index in [0.717, 1.165) is 56.2 Å². The molecule has 5 aromatic rings. The monoisotopic (exact) mass is 468 g/mol. The molecule has 0 spiro atoms. The molecular formula is C26H21BrN4. The van der Waals surface area contributed by atoms with Crippen molar-refractivity contribution in [3.63, 3.8) is 0 Å². The lowest BCUT2D eigenvalue weighted by molar-refractivity contribution is 0.253. The van der Waals surface area contributed by atoms with E-state index < -0.39 is 0 Å². The molecule has 152 valence electrons. The first-order valence-corrected chi connectivity index (χ1v) is 11.3. The van der Waals surface area contributed by atoms with E-state index >= 15 is 0 Å².